The quantitative estimate of drug-likeness (QED) is 0.911. The fraction of sp³-hybridized carbons (Fsp3) is 0.375. The van der Waals surface area contributed by atoms with Crippen molar-refractivity contribution in [3.8, 4) is 0 Å². The van der Waals surface area contributed by atoms with Crippen LogP contribution in [0, 0.1) is 0 Å². The summed E-state index contributed by atoms with van der Waals surface area (Å²) in [5.74, 6) is 0.0283. The van der Waals surface area contributed by atoms with E-state index < -0.39 is 0 Å². The molecule has 1 aliphatic rings. The number of hydrogen-bond donors (Lipinski definition) is 1. The fourth-order valence-electron chi connectivity index (χ4n) is 2.54. The van der Waals surface area contributed by atoms with E-state index in [1.807, 2.05) is 24.4 Å². The summed E-state index contributed by atoms with van der Waals surface area (Å²) in [5, 5.41) is 5.49. The molecular weight excluding hydrogens is 312 g/mol. The second-order valence-corrected chi connectivity index (χ2v) is 6.35. The fourth-order valence-corrected chi connectivity index (χ4v) is 3.41. The summed E-state index contributed by atoms with van der Waals surface area (Å²) in [6, 6.07) is 3.68. The van der Waals surface area contributed by atoms with Gasteiger partial charge >= 0.3 is 0 Å². The van der Waals surface area contributed by atoms with Crippen molar-refractivity contribution in [2.24, 2.45) is 0 Å². The van der Waals surface area contributed by atoms with Crippen LogP contribution < -0.4 is 10.2 Å². The molecule has 2 aromatic heterocycles. The molecule has 0 aromatic carbocycles. The van der Waals surface area contributed by atoms with Crippen LogP contribution in [0.5, 0.6) is 0 Å². The minimum atomic E-state index is -0.0843. The maximum Gasteiger partial charge on any atom is 0.228 e. The number of hydrogen-bond acceptors (Lipinski definition) is 5. The Balaban J connectivity index is 1.58. The third-order valence-corrected chi connectivity index (χ3v) is 4.68. The predicted molar refractivity (Wildman–Crippen MR) is 88.2 cm³/mol. The predicted octanol–water partition coefficient (Wildman–Crippen LogP) is 2.08. The van der Waals surface area contributed by atoms with Crippen molar-refractivity contribution in [3.63, 3.8) is 0 Å². The Morgan fingerprint density at radius 3 is 2.91 bits per heavy atom. The third kappa shape index (κ3) is 3.73. The van der Waals surface area contributed by atoms with Crippen molar-refractivity contribution >= 4 is 28.3 Å². The molecule has 2 aromatic rings. The molecule has 1 fully saturated rings. The van der Waals surface area contributed by atoms with Crippen LogP contribution in [-0.4, -0.2) is 28.3 Å². The highest BCUT2D eigenvalue weighted by molar-refractivity contribution is 7.14. The average Bonchev–Trinajstić information content (AvgIpc) is 3.16. The zero-order valence-corrected chi connectivity index (χ0v) is 13.7. The lowest BCUT2D eigenvalue weighted by molar-refractivity contribution is -0.121. The molecule has 0 aliphatic carbocycles. The summed E-state index contributed by atoms with van der Waals surface area (Å²) in [6.45, 7) is 2.65. The van der Waals surface area contributed by atoms with E-state index in [2.05, 4.69) is 15.3 Å². The molecule has 1 unspecified atom stereocenters. The lowest BCUT2D eigenvalue weighted by atomic mass is 10.1. The molecule has 0 bridgehead atoms. The molecule has 3 rings (SSSR count). The van der Waals surface area contributed by atoms with Gasteiger partial charge in [-0.2, -0.15) is 0 Å². The first-order valence-electron chi connectivity index (χ1n) is 7.57. The van der Waals surface area contributed by atoms with Gasteiger partial charge in [-0.05, 0) is 31.0 Å². The zero-order valence-electron chi connectivity index (χ0n) is 12.9. The number of amides is 2. The molecule has 120 valence electrons. The number of aromatic nitrogens is 2. The minimum Gasteiger partial charge on any atom is -0.349 e. The van der Waals surface area contributed by atoms with Gasteiger partial charge in [0.15, 0.2) is 5.13 Å². The molecule has 6 nitrogen and oxygen atoms in total. The van der Waals surface area contributed by atoms with Crippen LogP contribution >= 0.6 is 11.3 Å². The summed E-state index contributed by atoms with van der Waals surface area (Å²) in [7, 11) is 0. The Hall–Kier alpha value is -2.28. The number of thiazole rings is 1. The number of carbonyl (C=O) groups excluding carboxylic acids is 2. The van der Waals surface area contributed by atoms with E-state index in [-0.39, 0.29) is 24.3 Å². The van der Waals surface area contributed by atoms with Gasteiger partial charge in [-0.15, -0.1) is 11.3 Å². The van der Waals surface area contributed by atoms with Crippen LogP contribution in [0.1, 0.15) is 37.1 Å². The molecule has 7 heteroatoms. The van der Waals surface area contributed by atoms with Crippen molar-refractivity contribution in [3.05, 3.63) is 41.2 Å². The van der Waals surface area contributed by atoms with Crippen molar-refractivity contribution in [1.29, 1.82) is 0 Å². The zero-order chi connectivity index (χ0) is 16.2. The highest BCUT2D eigenvalue weighted by Crippen LogP contribution is 2.25. The van der Waals surface area contributed by atoms with E-state index in [1.165, 1.54) is 11.3 Å². The molecule has 0 spiro atoms. The Morgan fingerprint density at radius 1 is 1.43 bits per heavy atom. The lowest BCUT2D eigenvalue weighted by Crippen LogP contribution is -2.28. The molecule has 1 aliphatic heterocycles. The van der Waals surface area contributed by atoms with E-state index >= 15 is 0 Å². The maximum absolute atomic E-state index is 12.1. The monoisotopic (exact) mass is 330 g/mol. The minimum absolute atomic E-state index is 0.0798. The highest BCUT2D eigenvalue weighted by atomic mass is 32.1. The van der Waals surface area contributed by atoms with Gasteiger partial charge < -0.3 is 5.32 Å². The first kappa shape index (κ1) is 15.6. The van der Waals surface area contributed by atoms with Crippen LogP contribution in [0.25, 0.3) is 0 Å². The summed E-state index contributed by atoms with van der Waals surface area (Å²) in [6.07, 6.45) is 5.08. The van der Waals surface area contributed by atoms with Gasteiger partial charge in [-0.25, -0.2) is 4.98 Å². The van der Waals surface area contributed by atoms with Gasteiger partial charge in [0.2, 0.25) is 11.8 Å². The van der Waals surface area contributed by atoms with Crippen molar-refractivity contribution in [1.82, 2.24) is 15.3 Å². The summed E-state index contributed by atoms with van der Waals surface area (Å²) in [5.41, 5.74) is 1.71. The van der Waals surface area contributed by atoms with Crippen LogP contribution in [0.4, 0.5) is 5.13 Å². The molecule has 1 atom stereocenters. The third-order valence-electron chi connectivity index (χ3n) is 3.77. The Kier molecular flexibility index (Phi) is 4.66. The van der Waals surface area contributed by atoms with Crippen molar-refractivity contribution in [2.75, 3.05) is 11.4 Å². The van der Waals surface area contributed by atoms with Gasteiger partial charge in [-0.3, -0.25) is 19.5 Å². The molecule has 0 saturated carbocycles. The van der Waals surface area contributed by atoms with Crippen LogP contribution in [0.2, 0.25) is 0 Å². The Labute approximate surface area is 138 Å². The van der Waals surface area contributed by atoms with Crippen LogP contribution in [0.15, 0.2) is 29.9 Å². The normalized spacial score (nSPS) is 15.7. The first-order valence-corrected chi connectivity index (χ1v) is 8.45. The summed E-state index contributed by atoms with van der Waals surface area (Å²) >= 11 is 1.41. The number of rotatable bonds is 5. The largest absolute Gasteiger partial charge is 0.349 e. The first-order chi connectivity index (χ1) is 11.1. The molecule has 23 heavy (non-hydrogen) atoms. The van der Waals surface area contributed by atoms with E-state index in [9.17, 15) is 9.59 Å². The highest BCUT2D eigenvalue weighted by Gasteiger charge is 2.24. The van der Waals surface area contributed by atoms with E-state index in [0.29, 0.717) is 17.2 Å². The Morgan fingerprint density at radius 2 is 2.22 bits per heavy atom. The van der Waals surface area contributed by atoms with Gasteiger partial charge in [0.1, 0.15) is 0 Å². The van der Waals surface area contributed by atoms with Crippen molar-refractivity contribution < 1.29 is 9.59 Å². The van der Waals surface area contributed by atoms with E-state index in [0.717, 1.165) is 18.5 Å². The van der Waals surface area contributed by atoms with Crippen molar-refractivity contribution in [2.45, 2.75) is 32.2 Å². The molecular formula is C16H18N4O2S. The van der Waals surface area contributed by atoms with Gasteiger partial charge in [-0.1, -0.05) is 0 Å². The second-order valence-electron chi connectivity index (χ2n) is 5.52. The second kappa shape index (κ2) is 6.87. The van der Waals surface area contributed by atoms with Gasteiger partial charge in [0.25, 0.3) is 0 Å². The van der Waals surface area contributed by atoms with Crippen LogP contribution in [-0.2, 0) is 16.0 Å². The number of pyridine rings is 1. The standard InChI is InChI=1S/C16H18N4O2S/c1-11(12-4-6-17-7-5-12)18-14(21)9-13-10-23-16(19-13)20-8-2-3-15(20)22/h4-7,10-11H,2-3,8-9H2,1H3,(H,18,21). The smallest absolute Gasteiger partial charge is 0.228 e. The summed E-state index contributed by atoms with van der Waals surface area (Å²) < 4.78 is 0. The average molecular weight is 330 g/mol. The number of nitrogens with zero attached hydrogens (tertiary/aromatic N) is 3. The summed E-state index contributed by atoms with van der Waals surface area (Å²) in [4.78, 5) is 33.9. The number of carbonyl (C=O) groups is 2. The molecule has 2 amide bonds. The molecule has 3 heterocycles. The number of nitrogens with one attached hydrogen (secondary N) is 1. The topological polar surface area (TPSA) is 75.2 Å². The van der Waals surface area contributed by atoms with E-state index in [1.54, 1.807) is 17.3 Å². The lowest BCUT2D eigenvalue weighted by Gasteiger charge is -2.13. The maximum atomic E-state index is 12.1. The van der Waals surface area contributed by atoms with Gasteiger partial charge in [0, 0.05) is 30.7 Å². The molecule has 0 radical (unpaired) electrons. The van der Waals surface area contributed by atoms with E-state index in [4.69, 9.17) is 0 Å². The molecule has 1 N–H and O–H groups in total. The van der Waals surface area contributed by atoms with Crippen LogP contribution in [0.3, 0.4) is 0 Å². The molecule has 1 saturated heterocycles. The SMILES string of the molecule is CC(NC(=O)Cc1csc(N2CCCC2=O)n1)c1ccncc1. The number of anilines is 1. The Bertz CT molecular complexity index is 701. The van der Waals surface area contributed by atoms with Gasteiger partial charge in [0.05, 0.1) is 18.2 Å².